The monoisotopic (exact) mass is 219 g/mol. The molecule has 1 heterocycles. The largest absolute Gasteiger partial charge is 0.467 e. The minimum Gasteiger partial charge on any atom is -0.467 e. The van der Waals surface area contributed by atoms with E-state index in [-0.39, 0.29) is 12.0 Å². The summed E-state index contributed by atoms with van der Waals surface area (Å²) >= 11 is 0. The molecule has 1 unspecified atom stereocenters. The molecule has 0 bridgehead atoms. The van der Waals surface area contributed by atoms with Crippen molar-refractivity contribution in [3.63, 3.8) is 0 Å². The predicted molar refractivity (Wildman–Crippen MR) is 61.3 cm³/mol. The van der Waals surface area contributed by atoms with Gasteiger partial charge in [-0.1, -0.05) is 12.1 Å². The molecule has 0 aliphatic carbocycles. The average molecular weight is 219 g/mol. The van der Waals surface area contributed by atoms with Gasteiger partial charge in [-0.3, -0.25) is 0 Å². The lowest BCUT2D eigenvalue weighted by Crippen LogP contribution is -2.55. The summed E-state index contributed by atoms with van der Waals surface area (Å²) in [7, 11) is 1.42. The minimum atomic E-state index is -0.235. The highest BCUT2D eigenvalue weighted by Gasteiger charge is 2.29. The van der Waals surface area contributed by atoms with Crippen LogP contribution < -0.4 is 10.2 Å². The van der Waals surface area contributed by atoms with Gasteiger partial charge in [-0.15, -0.1) is 0 Å². The summed E-state index contributed by atoms with van der Waals surface area (Å²) in [5, 5.41) is 3.20. The Balaban J connectivity index is 2.20. The third-order valence-corrected chi connectivity index (χ3v) is 2.75. The first-order chi connectivity index (χ1) is 7.83. The normalized spacial score (nSPS) is 20.6. The van der Waals surface area contributed by atoms with Crippen molar-refractivity contribution < 1.29 is 9.53 Å². The number of ether oxygens (including phenoxy) is 1. The maximum Gasteiger partial charge on any atom is 0.329 e. The first-order valence-electron chi connectivity index (χ1n) is 5.34. The molecule has 1 aromatic carbocycles. The van der Waals surface area contributed by atoms with Crippen molar-refractivity contribution in [1.82, 2.24) is 5.32 Å². The lowest BCUT2D eigenvalue weighted by molar-refractivity contribution is -0.142. The molecule has 1 N–H and O–H groups in total. The fourth-order valence-electron chi connectivity index (χ4n) is 1.93. The Bertz CT molecular complexity index is 353. The zero-order chi connectivity index (χ0) is 11.4. The highest BCUT2D eigenvalue weighted by Crippen LogP contribution is 2.18. The summed E-state index contributed by atoms with van der Waals surface area (Å²) in [5.74, 6) is -0.194. The topological polar surface area (TPSA) is 41.6 Å². The third-order valence-electron chi connectivity index (χ3n) is 2.75. The molecule has 0 spiro atoms. The lowest BCUT2D eigenvalue weighted by atomic mass is 10.1. The van der Waals surface area contributed by atoms with Gasteiger partial charge in [0.2, 0.25) is 0 Å². The molecule has 1 saturated heterocycles. The number of rotatable bonds is 2. The summed E-state index contributed by atoms with van der Waals surface area (Å²) in [6, 6.07) is 10.4. The number of anilines is 1. The van der Waals surface area contributed by atoms with Crippen LogP contribution in [0.4, 0.5) is 5.69 Å². The van der Waals surface area contributed by atoms with Gasteiger partial charge >= 0.3 is 5.97 Å². The van der Waals surface area contributed by atoms with Crippen LogP contribution in [0.3, 0.4) is 0 Å². The molecule has 1 atom stereocenters. The highest BCUT2D eigenvalue weighted by atomic mass is 16.5. The van der Waals surface area contributed by atoms with Crippen LogP contribution in [-0.2, 0) is 9.53 Å². The number of hydrogen-bond donors (Lipinski definition) is 1. The van der Waals surface area contributed by atoms with Crippen LogP contribution in [0.1, 0.15) is 0 Å². The summed E-state index contributed by atoms with van der Waals surface area (Å²) in [5.41, 5.74) is 1.04. The molecule has 1 radical (unpaired) electrons. The quantitative estimate of drug-likeness (QED) is 0.733. The zero-order valence-corrected chi connectivity index (χ0v) is 9.27. The van der Waals surface area contributed by atoms with Crippen LogP contribution in [0.5, 0.6) is 0 Å². The van der Waals surface area contributed by atoms with E-state index in [1.54, 1.807) is 0 Å². The van der Waals surface area contributed by atoms with E-state index in [2.05, 4.69) is 16.3 Å². The fraction of sp³-hybridized carbons (Fsp3) is 0.417. The minimum absolute atomic E-state index is 0.194. The van der Waals surface area contributed by atoms with E-state index in [1.165, 1.54) is 7.11 Å². The van der Waals surface area contributed by atoms with Gasteiger partial charge in [-0.25, -0.2) is 4.79 Å². The third kappa shape index (κ3) is 2.17. The van der Waals surface area contributed by atoms with Gasteiger partial charge < -0.3 is 15.0 Å². The van der Waals surface area contributed by atoms with Crippen molar-refractivity contribution in [2.45, 2.75) is 6.04 Å². The molecule has 1 aliphatic heterocycles. The molecule has 0 amide bonds. The van der Waals surface area contributed by atoms with Crippen LogP contribution in [-0.4, -0.2) is 38.8 Å². The van der Waals surface area contributed by atoms with Crippen LogP contribution in [0, 0.1) is 6.07 Å². The fourth-order valence-corrected chi connectivity index (χ4v) is 1.93. The summed E-state index contributed by atoms with van der Waals surface area (Å²) in [4.78, 5) is 13.7. The predicted octanol–water partition coefficient (Wildman–Crippen LogP) is 0.438. The Kier molecular flexibility index (Phi) is 3.41. The van der Waals surface area contributed by atoms with E-state index in [0.29, 0.717) is 6.54 Å². The van der Waals surface area contributed by atoms with E-state index >= 15 is 0 Å². The molecule has 4 nitrogen and oxygen atoms in total. The average Bonchev–Trinajstić information content (AvgIpc) is 2.39. The first-order valence-corrected chi connectivity index (χ1v) is 5.34. The Morgan fingerprint density at radius 3 is 3.00 bits per heavy atom. The van der Waals surface area contributed by atoms with Crippen LogP contribution in [0.25, 0.3) is 0 Å². The molecule has 1 fully saturated rings. The molecule has 1 aliphatic rings. The van der Waals surface area contributed by atoms with E-state index in [4.69, 9.17) is 4.74 Å². The second-order valence-electron chi connectivity index (χ2n) is 3.69. The van der Waals surface area contributed by atoms with Crippen molar-refractivity contribution in [1.29, 1.82) is 0 Å². The van der Waals surface area contributed by atoms with Crippen LogP contribution in [0.2, 0.25) is 0 Å². The molecule has 2 rings (SSSR count). The Morgan fingerprint density at radius 1 is 1.56 bits per heavy atom. The van der Waals surface area contributed by atoms with Gasteiger partial charge in [0.25, 0.3) is 0 Å². The van der Waals surface area contributed by atoms with Crippen molar-refractivity contribution in [3.8, 4) is 0 Å². The molecule has 0 saturated carbocycles. The van der Waals surface area contributed by atoms with Gasteiger partial charge in [0.15, 0.2) is 0 Å². The number of carbonyl (C=O) groups excluding carboxylic acids is 1. The molecule has 16 heavy (non-hydrogen) atoms. The number of nitrogens with one attached hydrogen (secondary N) is 1. The van der Waals surface area contributed by atoms with Gasteiger partial charge in [0.1, 0.15) is 6.04 Å². The van der Waals surface area contributed by atoms with Crippen molar-refractivity contribution in [2.75, 3.05) is 31.6 Å². The maximum atomic E-state index is 11.6. The van der Waals surface area contributed by atoms with Gasteiger partial charge in [0, 0.05) is 25.3 Å². The van der Waals surface area contributed by atoms with Crippen molar-refractivity contribution in [2.24, 2.45) is 0 Å². The van der Waals surface area contributed by atoms with Gasteiger partial charge in [0.05, 0.1) is 7.11 Å². The Labute approximate surface area is 95.2 Å². The first kappa shape index (κ1) is 11.0. The zero-order valence-electron chi connectivity index (χ0n) is 9.27. The van der Waals surface area contributed by atoms with Crippen molar-refractivity contribution in [3.05, 3.63) is 30.3 Å². The Morgan fingerprint density at radius 2 is 2.31 bits per heavy atom. The number of carbonyl (C=O) groups is 1. The SMILES string of the molecule is COC(=O)C1CNCCN1c1cc[c]cc1. The molecular weight excluding hydrogens is 204 g/mol. The standard InChI is InChI=1S/C12H15N2O2/c1-16-12(15)11-9-13-7-8-14(11)10-5-3-2-4-6-10/h3-6,11,13H,7-9H2,1H3. The van der Waals surface area contributed by atoms with Crippen LogP contribution >= 0.6 is 0 Å². The maximum absolute atomic E-state index is 11.6. The van der Waals surface area contributed by atoms with E-state index in [0.717, 1.165) is 18.8 Å². The number of methoxy groups -OCH3 is 1. The molecule has 1 aromatic rings. The van der Waals surface area contributed by atoms with Gasteiger partial charge in [-0.2, -0.15) is 0 Å². The molecule has 85 valence electrons. The van der Waals surface area contributed by atoms with Gasteiger partial charge in [-0.05, 0) is 18.2 Å². The van der Waals surface area contributed by atoms with E-state index < -0.39 is 0 Å². The second-order valence-corrected chi connectivity index (χ2v) is 3.69. The number of nitrogens with zero attached hydrogens (tertiary/aromatic N) is 1. The lowest BCUT2D eigenvalue weighted by Gasteiger charge is -2.35. The molecule has 4 heteroatoms. The van der Waals surface area contributed by atoms with E-state index in [9.17, 15) is 4.79 Å². The Hall–Kier alpha value is -1.55. The summed E-state index contributed by atoms with van der Waals surface area (Å²) < 4.78 is 4.81. The van der Waals surface area contributed by atoms with Crippen molar-refractivity contribution >= 4 is 11.7 Å². The number of piperazine rings is 1. The smallest absolute Gasteiger partial charge is 0.329 e. The molecule has 0 aromatic heterocycles. The summed E-state index contributed by atoms with van der Waals surface area (Å²) in [6.45, 7) is 2.32. The highest BCUT2D eigenvalue weighted by molar-refractivity contribution is 5.80. The number of esters is 1. The van der Waals surface area contributed by atoms with E-state index in [1.807, 2.05) is 24.3 Å². The van der Waals surface area contributed by atoms with Crippen LogP contribution in [0.15, 0.2) is 24.3 Å². The molecular formula is C12H15N2O2. The summed E-state index contributed by atoms with van der Waals surface area (Å²) in [6.07, 6.45) is 0. The number of benzene rings is 1. The number of hydrogen-bond acceptors (Lipinski definition) is 4. The second kappa shape index (κ2) is 4.99.